The molecule has 1 aliphatic heterocycles. The van der Waals surface area contributed by atoms with Gasteiger partial charge in [-0.1, -0.05) is 28.1 Å². The Kier molecular flexibility index (Phi) is 4.96. The Morgan fingerprint density at radius 2 is 2.21 bits per heavy atom. The number of rotatable bonds is 3. The molecule has 5 heteroatoms. The van der Waals surface area contributed by atoms with Gasteiger partial charge in [0.15, 0.2) is 0 Å². The van der Waals surface area contributed by atoms with Crippen LogP contribution in [0.5, 0.6) is 0 Å². The zero-order valence-corrected chi connectivity index (χ0v) is 12.7. The van der Waals surface area contributed by atoms with Crippen molar-refractivity contribution in [2.75, 3.05) is 26.2 Å². The maximum atomic E-state index is 11.9. The van der Waals surface area contributed by atoms with Crippen molar-refractivity contribution < 1.29 is 4.79 Å². The number of hydrogen-bond donors (Lipinski definition) is 2. The van der Waals surface area contributed by atoms with E-state index in [0.717, 1.165) is 48.2 Å². The van der Waals surface area contributed by atoms with E-state index in [1.807, 2.05) is 25.1 Å². The molecule has 1 saturated heterocycles. The second kappa shape index (κ2) is 6.50. The maximum absolute atomic E-state index is 11.9. The highest BCUT2D eigenvalue weighted by molar-refractivity contribution is 9.10. The number of nitrogens with one attached hydrogen (secondary N) is 1. The van der Waals surface area contributed by atoms with Gasteiger partial charge in [-0.3, -0.25) is 9.69 Å². The molecule has 1 heterocycles. The van der Waals surface area contributed by atoms with Crippen molar-refractivity contribution in [2.45, 2.75) is 19.4 Å². The highest BCUT2D eigenvalue weighted by Crippen LogP contribution is 2.25. The summed E-state index contributed by atoms with van der Waals surface area (Å²) in [6.45, 7) is 5.68. The van der Waals surface area contributed by atoms with E-state index in [0.29, 0.717) is 0 Å². The molecule has 0 bridgehead atoms. The molecular formula is C14H20BrN3O. The zero-order chi connectivity index (χ0) is 13.8. The van der Waals surface area contributed by atoms with Crippen molar-refractivity contribution in [2.24, 2.45) is 5.73 Å². The number of nitrogens with two attached hydrogens (primary N) is 1. The summed E-state index contributed by atoms with van der Waals surface area (Å²) >= 11 is 3.48. The molecule has 1 aromatic carbocycles. The van der Waals surface area contributed by atoms with Crippen LogP contribution in [-0.4, -0.2) is 37.0 Å². The van der Waals surface area contributed by atoms with E-state index in [2.05, 4.69) is 26.1 Å². The highest BCUT2D eigenvalue weighted by atomic mass is 79.9. The van der Waals surface area contributed by atoms with Gasteiger partial charge in [0.05, 0.1) is 0 Å². The Morgan fingerprint density at radius 3 is 2.89 bits per heavy atom. The van der Waals surface area contributed by atoms with Gasteiger partial charge in [0, 0.05) is 24.1 Å². The summed E-state index contributed by atoms with van der Waals surface area (Å²) in [6.07, 6.45) is 1.04. The minimum atomic E-state index is -0.327. The third-order valence-corrected chi connectivity index (χ3v) is 4.40. The van der Waals surface area contributed by atoms with Crippen LogP contribution in [-0.2, 0) is 4.79 Å². The summed E-state index contributed by atoms with van der Waals surface area (Å²) < 4.78 is 1.05. The lowest BCUT2D eigenvalue weighted by Crippen LogP contribution is -2.39. The van der Waals surface area contributed by atoms with E-state index < -0.39 is 0 Å². The topological polar surface area (TPSA) is 58.4 Å². The molecule has 0 aromatic heterocycles. The van der Waals surface area contributed by atoms with Gasteiger partial charge in [-0.2, -0.15) is 0 Å². The lowest BCUT2D eigenvalue weighted by Gasteiger charge is -2.28. The molecule has 0 saturated carbocycles. The average Bonchev–Trinajstić information content (AvgIpc) is 2.62. The van der Waals surface area contributed by atoms with Gasteiger partial charge in [0.25, 0.3) is 0 Å². The molecule has 0 spiro atoms. The smallest absolute Gasteiger partial charge is 0.239 e. The first kappa shape index (κ1) is 14.5. The Morgan fingerprint density at radius 1 is 1.42 bits per heavy atom. The second-order valence-electron chi connectivity index (χ2n) is 4.95. The Balaban J connectivity index is 2.27. The van der Waals surface area contributed by atoms with Crippen molar-refractivity contribution in [1.82, 2.24) is 10.2 Å². The first-order chi connectivity index (χ1) is 9.09. The molecule has 4 nitrogen and oxygen atoms in total. The summed E-state index contributed by atoms with van der Waals surface area (Å²) in [5.41, 5.74) is 7.73. The van der Waals surface area contributed by atoms with E-state index in [4.69, 9.17) is 5.73 Å². The zero-order valence-electron chi connectivity index (χ0n) is 11.2. The molecule has 1 aliphatic rings. The number of amides is 1. The molecule has 1 unspecified atom stereocenters. The normalized spacial score (nSPS) is 18.8. The van der Waals surface area contributed by atoms with Gasteiger partial charge < -0.3 is 11.1 Å². The standard InChI is InChI=1S/C14H20BrN3O/c1-10-9-11(3-4-12(10)15)13(14(16)19)18-7-2-5-17-6-8-18/h3-4,9,13,17H,2,5-8H2,1H3,(H2,16,19). The quantitative estimate of drug-likeness (QED) is 0.887. The molecule has 104 valence electrons. The molecule has 0 radical (unpaired) electrons. The van der Waals surface area contributed by atoms with Gasteiger partial charge in [0.1, 0.15) is 6.04 Å². The molecule has 1 aromatic rings. The molecule has 1 fully saturated rings. The summed E-state index contributed by atoms with van der Waals surface area (Å²) in [5.74, 6) is -0.274. The van der Waals surface area contributed by atoms with Gasteiger partial charge in [-0.05, 0) is 37.1 Å². The first-order valence-corrected chi connectivity index (χ1v) is 7.39. The van der Waals surface area contributed by atoms with Gasteiger partial charge in [-0.25, -0.2) is 0 Å². The third-order valence-electron chi connectivity index (χ3n) is 3.51. The minimum Gasteiger partial charge on any atom is -0.368 e. The largest absolute Gasteiger partial charge is 0.368 e. The van der Waals surface area contributed by atoms with Crippen molar-refractivity contribution in [3.63, 3.8) is 0 Å². The summed E-state index contributed by atoms with van der Waals surface area (Å²) in [7, 11) is 0. The SMILES string of the molecule is Cc1cc(C(C(N)=O)N2CCCNCC2)ccc1Br. The number of carbonyl (C=O) groups excluding carboxylic acids is 1. The van der Waals surface area contributed by atoms with Crippen molar-refractivity contribution in [3.8, 4) is 0 Å². The molecule has 3 N–H and O–H groups in total. The fraction of sp³-hybridized carbons (Fsp3) is 0.500. The second-order valence-corrected chi connectivity index (χ2v) is 5.81. The van der Waals surface area contributed by atoms with E-state index in [1.165, 1.54) is 0 Å². The number of nitrogens with zero attached hydrogens (tertiary/aromatic N) is 1. The average molecular weight is 326 g/mol. The van der Waals surface area contributed by atoms with Crippen LogP contribution in [0.4, 0.5) is 0 Å². The Hall–Kier alpha value is -0.910. The predicted molar refractivity (Wildman–Crippen MR) is 79.9 cm³/mol. The molecule has 1 atom stereocenters. The lowest BCUT2D eigenvalue weighted by atomic mass is 10.0. The fourth-order valence-corrected chi connectivity index (χ4v) is 2.76. The van der Waals surface area contributed by atoms with Crippen LogP contribution in [0.2, 0.25) is 0 Å². The Bertz CT molecular complexity index is 456. The number of aryl methyl sites for hydroxylation is 1. The van der Waals surface area contributed by atoms with Gasteiger partial charge in [-0.15, -0.1) is 0 Å². The maximum Gasteiger partial charge on any atom is 0.239 e. The van der Waals surface area contributed by atoms with Crippen LogP contribution in [0.1, 0.15) is 23.6 Å². The summed E-state index contributed by atoms with van der Waals surface area (Å²) in [6, 6.07) is 5.67. The number of carbonyl (C=O) groups is 1. The minimum absolute atomic E-state index is 0.274. The van der Waals surface area contributed by atoms with Crippen LogP contribution in [0, 0.1) is 6.92 Å². The number of hydrogen-bond acceptors (Lipinski definition) is 3. The van der Waals surface area contributed by atoms with Crippen molar-refractivity contribution in [3.05, 3.63) is 33.8 Å². The van der Waals surface area contributed by atoms with Crippen LogP contribution in [0.15, 0.2) is 22.7 Å². The van der Waals surface area contributed by atoms with Crippen molar-refractivity contribution in [1.29, 1.82) is 0 Å². The summed E-state index contributed by atoms with van der Waals surface area (Å²) in [4.78, 5) is 14.0. The molecular weight excluding hydrogens is 306 g/mol. The van der Waals surface area contributed by atoms with Crippen LogP contribution < -0.4 is 11.1 Å². The molecule has 1 amide bonds. The number of primary amides is 1. The van der Waals surface area contributed by atoms with E-state index >= 15 is 0 Å². The van der Waals surface area contributed by atoms with Crippen molar-refractivity contribution >= 4 is 21.8 Å². The molecule has 2 rings (SSSR count). The fourth-order valence-electron chi connectivity index (χ4n) is 2.52. The van der Waals surface area contributed by atoms with E-state index in [9.17, 15) is 4.79 Å². The first-order valence-electron chi connectivity index (χ1n) is 6.59. The molecule has 19 heavy (non-hydrogen) atoms. The van der Waals surface area contributed by atoms with Crippen LogP contribution in [0.3, 0.4) is 0 Å². The Labute approximate surface area is 122 Å². The van der Waals surface area contributed by atoms with E-state index in [1.54, 1.807) is 0 Å². The molecule has 0 aliphatic carbocycles. The predicted octanol–water partition coefficient (Wildman–Crippen LogP) is 1.58. The monoisotopic (exact) mass is 325 g/mol. The third kappa shape index (κ3) is 3.55. The van der Waals surface area contributed by atoms with Crippen LogP contribution in [0.25, 0.3) is 0 Å². The van der Waals surface area contributed by atoms with Gasteiger partial charge >= 0.3 is 0 Å². The number of benzene rings is 1. The number of halogens is 1. The van der Waals surface area contributed by atoms with Gasteiger partial charge in [0.2, 0.25) is 5.91 Å². The van der Waals surface area contributed by atoms with Crippen LogP contribution >= 0.6 is 15.9 Å². The lowest BCUT2D eigenvalue weighted by molar-refractivity contribution is -0.123. The van der Waals surface area contributed by atoms with E-state index in [-0.39, 0.29) is 11.9 Å². The summed E-state index contributed by atoms with van der Waals surface area (Å²) in [5, 5.41) is 3.34. The highest BCUT2D eigenvalue weighted by Gasteiger charge is 2.26.